The number of aromatic nitrogens is 6. The monoisotopic (exact) mass is 280 g/mol. The minimum absolute atomic E-state index is 0.298. The Bertz CT molecular complexity index is 969. The van der Waals surface area contributed by atoms with Gasteiger partial charge in [-0.3, -0.25) is 4.98 Å². The van der Waals surface area contributed by atoms with E-state index < -0.39 is 0 Å². The molecule has 4 rings (SSSR count). The molecule has 0 atom stereocenters. The summed E-state index contributed by atoms with van der Waals surface area (Å²) in [5, 5.41) is 10.3. The van der Waals surface area contributed by atoms with Gasteiger partial charge in [0.15, 0.2) is 5.65 Å². The Kier molecular flexibility index (Phi) is 2.40. The first kappa shape index (κ1) is 11.5. The van der Waals surface area contributed by atoms with E-state index in [0.29, 0.717) is 22.9 Å². The van der Waals surface area contributed by atoms with E-state index in [1.165, 1.54) is 4.40 Å². The van der Waals surface area contributed by atoms with Gasteiger partial charge in [-0.05, 0) is 24.3 Å². The van der Waals surface area contributed by atoms with Gasteiger partial charge in [-0.15, -0.1) is 0 Å². The summed E-state index contributed by atoms with van der Waals surface area (Å²) >= 11 is 0. The Morgan fingerprint density at radius 3 is 2.90 bits per heavy atom. The van der Waals surface area contributed by atoms with Crippen LogP contribution in [0, 0.1) is 0 Å². The molecule has 0 unspecified atom stereocenters. The number of H-pyrrole nitrogens is 1. The molecular weight excluding hydrogens is 272 g/mol. The van der Waals surface area contributed by atoms with Crippen LogP contribution in [0.4, 0.5) is 0 Å². The van der Waals surface area contributed by atoms with Gasteiger partial charge < -0.3 is 4.52 Å². The number of nitrogens with one attached hydrogen (secondary N) is 1. The molecule has 0 aliphatic rings. The summed E-state index contributed by atoms with van der Waals surface area (Å²) < 4.78 is 6.65. The van der Waals surface area contributed by atoms with Crippen molar-refractivity contribution in [2.24, 2.45) is 0 Å². The fourth-order valence-electron chi connectivity index (χ4n) is 2.05. The number of hydrogen-bond acceptors (Lipinski definition) is 6. The fraction of sp³-hybridized carbons (Fsp3) is 0. The maximum Gasteiger partial charge on any atom is 0.347 e. The van der Waals surface area contributed by atoms with Gasteiger partial charge in [0.1, 0.15) is 0 Å². The van der Waals surface area contributed by atoms with Crippen molar-refractivity contribution in [1.29, 1.82) is 0 Å². The van der Waals surface area contributed by atoms with E-state index in [1.54, 1.807) is 42.9 Å². The molecule has 0 saturated heterocycles. The zero-order valence-electron chi connectivity index (χ0n) is 10.6. The molecule has 4 aromatic heterocycles. The Balaban J connectivity index is 1.87. The van der Waals surface area contributed by atoms with Crippen molar-refractivity contribution in [3.8, 4) is 22.8 Å². The average Bonchev–Trinajstić information content (AvgIpc) is 3.16. The highest BCUT2D eigenvalue weighted by molar-refractivity contribution is 5.72. The molecule has 0 fully saturated rings. The van der Waals surface area contributed by atoms with Crippen LogP contribution < -0.4 is 5.69 Å². The lowest BCUT2D eigenvalue weighted by atomic mass is 10.2. The molecule has 0 bridgehead atoms. The summed E-state index contributed by atoms with van der Waals surface area (Å²) in [4.78, 5) is 19.8. The van der Waals surface area contributed by atoms with Crippen LogP contribution >= 0.6 is 0 Å². The third-order valence-corrected chi connectivity index (χ3v) is 3.04. The predicted octanol–water partition coefficient (Wildman–Crippen LogP) is 1.13. The lowest BCUT2D eigenvalue weighted by molar-refractivity contribution is 0.432. The second-order valence-corrected chi connectivity index (χ2v) is 4.30. The largest absolute Gasteiger partial charge is 0.347 e. The van der Waals surface area contributed by atoms with Crippen molar-refractivity contribution >= 4 is 5.65 Å². The molecular formula is C13H8N6O2. The maximum atomic E-state index is 11.6. The normalized spacial score (nSPS) is 11.0. The highest BCUT2D eigenvalue weighted by Gasteiger charge is 2.15. The van der Waals surface area contributed by atoms with E-state index in [4.69, 9.17) is 4.52 Å². The SMILES string of the molecule is O=c1[nH]nc2c(-c3nc(-c4ccncc4)no3)cccn12. The first-order chi connectivity index (χ1) is 10.3. The van der Waals surface area contributed by atoms with Crippen molar-refractivity contribution < 1.29 is 4.52 Å². The zero-order valence-corrected chi connectivity index (χ0v) is 10.6. The van der Waals surface area contributed by atoms with Gasteiger partial charge in [-0.2, -0.15) is 10.1 Å². The summed E-state index contributed by atoms with van der Waals surface area (Å²) in [6, 6.07) is 7.05. The topological polar surface area (TPSA) is 102 Å². The Morgan fingerprint density at radius 1 is 1.19 bits per heavy atom. The predicted molar refractivity (Wildman–Crippen MR) is 72.3 cm³/mol. The smallest absolute Gasteiger partial charge is 0.333 e. The van der Waals surface area contributed by atoms with Crippen LogP contribution in [0.1, 0.15) is 0 Å². The molecule has 0 aliphatic heterocycles. The minimum Gasteiger partial charge on any atom is -0.333 e. The molecule has 0 aliphatic carbocycles. The molecule has 0 saturated carbocycles. The number of nitrogens with zero attached hydrogens (tertiary/aromatic N) is 5. The Morgan fingerprint density at radius 2 is 2.05 bits per heavy atom. The quantitative estimate of drug-likeness (QED) is 0.590. The van der Waals surface area contributed by atoms with Crippen molar-refractivity contribution in [2.75, 3.05) is 0 Å². The molecule has 21 heavy (non-hydrogen) atoms. The van der Waals surface area contributed by atoms with Crippen LogP contribution in [0.15, 0.2) is 52.2 Å². The Hall–Kier alpha value is -3.29. The standard InChI is InChI=1S/C13H8N6O2/c20-13-17-16-11-9(2-1-7-19(11)13)12-15-10(18-21-12)8-3-5-14-6-4-8/h1-7H,(H,17,20). The van der Waals surface area contributed by atoms with E-state index in [1.807, 2.05) is 0 Å². The molecule has 8 heteroatoms. The van der Waals surface area contributed by atoms with E-state index in [-0.39, 0.29) is 5.69 Å². The van der Waals surface area contributed by atoms with E-state index >= 15 is 0 Å². The van der Waals surface area contributed by atoms with E-state index in [9.17, 15) is 4.79 Å². The summed E-state index contributed by atoms with van der Waals surface area (Å²) in [5.74, 6) is 0.749. The number of fused-ring (bicyclic) bond motifs is 1. The lowest BCUT2D eigenvalue weighted by Crippen LogP contribution is -2.08. The van der Waals surface area contributed by atoms with Crippen LogP contribution in [0.3, 0.4) is 0 Å². The van der Waals surface area contributed by atoms with Gasteiger partial charge in [0.25, 0.3) is 5.89 Å². The van der Waals surface area contributed by atoms with E-state index in [0.717, 1.165) is 5.56 Å². The second-order valence-electron chi connectivity index (χ2n) is 4.30. The van der Waals surface area contributed by atoms with Crippen LogP contribution in [-0.2, 0) is 0 Å². The maximum absolute atomic E-state index is 11.6. The van der Waals surface area contributed by atoms with Crippen molar-refractivity contribution in [2.45, 2.75) is 0 Å². The highest BCUT2D eigenvalue weighted by Crippen LogP contribution is 2.23. The molecule has 0 radical (unpaired) electrons. The van der Waals surface area contributed by atoms with Crippen LogP contribution in [0.2, 0.25) is 0 Å². The van der Waals surface area contributed by atoms with Crippen molar-refractivity contribution in [3.05, 3.63) is 53.3 Å². The summed E-state index contributed by atoms with van der Waals surface area (Å²) in [7, 11) is 0. The van der Waals surface area contributed by atoms with Gasteiger partial charge in [0.2, 0.25) is 5.82 Å². The van der Waals surface area contributed by atoms with Crippen molar-refractivity contribution in [1.82, 2.24) is 29.7 Å². The third kappa shape index (κ3) is 1.81. The molecule has 8 nitrogen and oxygen atoms in total. The second kappa shape index (κ2) is 4.37. The number of aromatic amines is 1. The molecule has 0 amide bonds. The first-order valence-electron chi connectivity index (χ1n) is 6.13. The van der Waals surface area contributed by atoms with E-state index in [2.05, 4.69) is 25.3 Å². The summed E-state index contributed by atoms with van der Waals surface area (Å²) in [6.07, 6.45) is 4.92. The summed E-state index contributed by atoms with van der Waals surface area (Å²) in [6.45, 7) is 0. The lowest BCUT2D eigenvalue weighted by Gasteiger charge is -1.95. The molecule has 4 heterocycles. The molecule has 1 N–H and O–H groups in total. The van der Waals surface area contributed by atoms with Gasteiger partial charge >= 0.3 is 5.69 Å². The van der Waals surface area contributed by atoms with Gasteiger partial charge in [-0.25, -0.2) is 14.3 Å². The van der Waals surface area contributed by atoms with Crippen molar-refractivity contribution in [3.63, 3.8) is 0 Å². The Labute approximate surface area is 117 Å². The van der Waals surface area contributed by atoms with Crippen LogP contribution in [-0.4, -0.2) is 29.7 Å². The fourth-order valence-corrected chi connectivity index (χ4v) is 2.05. The van der Waals surface area contributed by atoms with Gasteiger partial charge in [-0.1, -0.05) is 5.16 Å². The number of pyridine rings is 2. The zero-order chi connectivity index (χ0) is 14.2. The highest BCUT2D eigenvalue weighted by atomic mass is 16.5. The van der Waals surface area contributed by atoms with Crippen LogP contribution in [0.5, 0.6) is 0 Å². The molecule has 0 spiro atoms. The summed E-state index contributed by atoms with van der Waals surface area (Å²) in [5.41, 5.74) is 1.50. The molecule has 4 aromatic rings. The first-order valence-corrected chi connectivity index (χ1v) is 6.13. The van der Waals surface area contributed by atoms with Crippen LogP contribution in [0.25, 0.3) is 28.5 Å². The van der Waals surface area contributed by atoms with Gasteiger partial charge in [0.05, 0.1) is 5.56 Å². The average molecular weight is 280 g/mol. The molecule has 0 aromatic carbocycles. The number of hydrogen-bond donors (Lipinski definition) is 1. The molecule has 102 valence electrons. The minimum atomic E-state index is -0.319. The van der Waals surface area contributed by atoms with Gasteiger partial charge in [0, 0.05) is 24.2 Å². The third-order valence-electron chi connectivity index (χ3n) is 3.04. The number of rotatable bonds is 2.